The fourth-order valence-electron chi connectivity index (χ4n) is 4.43. The molecular weight excluding hydrogens is 597 g/mol. The summed E-state index contributed by atoms with van der Waals surface area (Å²) in [6.45, 7) is 2.74. The van der Waals surface area contributed by atoms with Crippen molar-refractivity contribution in [3.8, 4) is 11.7 Å². The number of nitrogens with zero attached hydrogens (tertiary/aromatic N) is 7. The van der Waals surface area contributed by atoms with Crippen LogP contribution in [0.1, 0.15) is 12.2 Å². The van der Waals surface area contributed by atoms with Crippen LogP contribution in [0.4, 0.5) is 20.7 Å². The third kappa shape index (κ3) is 6.10. The van der Waals surface area contributed by atoms with Crippen LogP contribution in [0, 0.1) is 0 Å². The summed E-state index contributed by atoms with van der Waals surface area (Å²) in [5.41, 5.74) is 4.89. The number of nitrogens with one attached hydrogen (secondary N) is 1. The average molecular weight is 629 g/mol. The maximum absolute atomic E-state index is 14.2. The van der Waals surface area contributed by atoms with E-state index in [4.69, 9.17) is 9.47 Å². The van der Waals surface area contributed by atoms with Crippen molar-refractivity contribution in [1.29, 1.82) is 0 Å². The van der Waals surface area contributed by atoms with Gasteiger partial charge >= 0.3 is 151 Å². The number of sulfonamides is 1. The van der Waals surface area contributed by atoms with Gasteiger partial charge in [0.25, 0.3) is 6.43 Å². The fraction of sp³-hybridized carbons (Fsp3) is 0.565. The van der Waals surface area contributed by atoms with Crippen LogP contribution < -0.4 is 19.3 Å². The Kier molecular flexibility index (Phi) is 8.22. The van der Waals surface area contributed by atoms with E-state index in [2.05, 4.69) is 36.1 Å². The third-order valence-corrected chi connectivity index (χ3v) is 10.9. The monoisotopic (exact) mass is 628 g/mol. The zero-order chi connectivity index (χ0) is 27.7. The Morgan fingerprint density at radius 2 is 1.74 bits per heavy atom. The summed E-state index contributed by atoms with van der Waals surface area (Å²) in [4.78, 5) is 21.6. The summed E-state index contributed by atoms with van der Waals surface area (Å²) < 4.78 is 68.1. The van der Waals surface area contributed by atoms with Crippen LogP contribution in [0.25, 0.3) is 17.0 Å². The van der Waals surface area contributed by atoms with Crippen molar-refractivity contribution in [3.05, 3.63) is 24.0 Å². The molecule has 2 fully saturated rings. The molecular formula is C23H31AsF2N8O4S. The van der Waals surface area contributed by atoms with Gasteiger partial charge in [0.05, 0.1) is 20.3 Å². The number of alkyl halides is 2. The van der Waals surface area contributed by atoms with Crippen molar-refractivity contribution in [2.45, 2.75) is 29.1 Å². The minimum absolute atomic E-state index is 0.00119. The van der Waals surface area contributed by atoms with Gasteiger partial charge in [0.2, 0.25) is 0 Å². The van der Waals surface area contributed by atoms with Crippen LogP contribution in [0.3, 0.4) is 0 Å². The molecule has 2 aliphatic heterocycles. The van der Waals surface area contributed by atoms with Gasteiger partial charge in [-0.25, -0.2) is 13.8 Å². The zero-order valence-electron chi connectivity index (χ0n) is 21.9. The van der Waals surface area contributed by atoms with Crippen molar-refractivity contribution >= 4 is 47.6 Å². The van der Waals surface area contributed by atoms with Crippen LogP contribution in [-0.4, -0.2) is 106 Å². The summed E-state index contributed by atoms with van der Waals surface area (Å²) in [5, 5.41) is 0.717. The molecule has 0 radical (unpaired) electrons. The first-order chi connectivity index (χ1) is 18.6. The van der Waals surface area contributed by atoms with Crippen LogP contribution in [0.2, 0.25) is 16.6 Å². The Hall–Kier alpha value is -2.61. The SMILES string of the molecule is COc1cccc2c1nc(C(F)F)n2-c1nc(N2CCOCC2)nc(N2CC(NS(=O)(=O)CC[As](C)C)C2)n1. The number of fused-ring (bicyclic) bond motifs is 1. The molecule has 12 nitrogen and oxygen atoms in total. The maximum atomic E-state index is 14.2. The first-order valence-electron chi connectivity index (χ1n) is 12.5. The Morgan fingerprint density at radius 3 is 2.38 bits per heavy atom. The number of ether oxygens (including phenoxy) is 2. The van der Waals surface area contributed by atoms with Crippen LogP contribution in [-0.2, 0) is 14.8 Å². The van der Waals surface area contributed by atoms with Gasteiger partial charge in [0.15, 0.2) is 0 Å². The van der Waals surface area contributed by atoms with E-state index in [1.54, 1.807) is 18.2 Å². The van der Waals surface area contributed by atoms with E-state index in [1.165, 1.54) is 11.7 Å². The quantitative estimate of drug-likeness (QED) is 0.333. The molecule has 2 aliphatic rings. The molecule has 5 rings (SSSR count). The number of aromatic nitrogens is 5. The molecule has 0 saturated carbocycles. The summed E-state index contributed by atoms with van der Waals surface area (Å²) in [6, 6.07) is 4.71. The molecule has 0 spiro atoms. The number of benzene rings is 1. The second-order valence-electron chi connectivity index (χ2n) is 9.61. The summed E-state index contributed by atoms with van der Waals surface area (Å²) >= 11 is -1.06. The second-order valence-corrected chi connectivity index (χ2v) is 17.0. The molecule has 4 heterocycles. The van der Waals surface area contributed by atoms with Gasteiger partial charge in [-0.2, -0.15) is 0 Å². The third-order valence-electron chi connectivity index (χ3n) is 6.50. The predicted molar refractivity (Wildman–Crippen MR) is 144 cm³/mol. The van der Waals surface area contributed by atoms with E-state index < -0.39 is 36.9 Å². The van der Waals surface area contributed by atoms with Gasteiger partial charge in [-0.05, 0) is 12.1 Å². The van der Waals surface area contributed by atoms with E-state index in [0.29, 0.717) is 61.8 Å². The number of rotatable bonds is 10. The first kappa shape index (κ1) is 27.9. The number of imidazole rings is 1. The number of anilines is 2. The van der Waals surface area contributed by atoms with Gasteiger partial charge in [-0.3, -0.25) is 0 Å². The van der Waals surface area contributed by atoms with Crippen molar-refractivity contribution in [2.24, 2.45) is 0 Å². The predicted octanol–water partition coefficient (Wildman–Crippen LogP) is 1.86. The van der Waals surface area contributed by atoms with Crippen LogP contribution >= 0.6 is 0 Å². The Morgan fingerprint density at radius 1 is 1.08 bits per heavy atom. The molecule has 0 atom stereocenters. The summed E-state index contributed by atoms with van der Waals surface area (Å²) in [5.74, 6) is 0.572. The van der Waals surface area contributed by atoms with Crippen LogP contribution in [0.5, 0.6) is 5.75 Å². The fourth-order valence-corrected chi connectivity index (χ4v) is 9.63. The van der Waals surface area contributed by atoms with Crippen molar-refractivity contribution in [1.82, 2.24) is 29.2 Å². The number of halogens is 2. The summed E-state index contributed by atoms with van der Waals surface area (Å²) in [6.07, 6.45) is -2.90. The second kappa shape index (κ2) is 11.5. The molecule has 16 heteroatoms. The molecule has 212 valence electrons. The first-order valence-corrected chi connectivity index (χ1v) is 19.2. The number of morpholine rings is 1. The van der Waals surface area contributed by atoms with E-state index in [-0.39, 0.29) is 29.2 Å². The molecule has 3 aromatic rings. The molecule has 2 aromatic heterocycles. The van der Waals surface area contributed by atoms with Gasteiger partial charge in [-0.15, -0.1) is 0 Å². The number of para-hydroxylation sites is 1. The number of hydrogen-bond acceptors (Lipinski definition) is 10. The zero-order valence-corrected chi connectivity index (χ0v) is 24.6. The normalized spacial score (nSPS) is 16.9. The Bertz CT molecular complexity index is 1430. The van der Waals surface area contributed by atoms with E-state index in [0.717, 1.165) is 0 Å². The van der Waals surface area contributed by atoms with Gasteiger partial charge in [-0.1, -0.05) is 6.07 Å². The van der Waals surface area contributed by atoms with Gasteiger partial charge < -0.3 is 9.47 Å². The molecule has 2 saturated heterocycles. The molecule has 1 aromatic carbocycles. The molecule has 0 bridgehead atoms. The van der Waals surface area contributed by atoms with Crippen molar-refractivity contribution < 1.29 is 26.7 Å². The number of hydrogen-bond donors (Lipinski definition) is 1. The van der Waals surface area contributed by atoms with E-state index in [1.807, 2.05) is 9.80 Å². The van der Waals surface area contributed by atoms with Crippen LogP contribution in [0.15, 0.2) is 18.2 Å². The molecule has 1 N–H and O–H groups in total. The topological polar surface area (TPSA) is 128 Å². The van der Waals surface area contributed by atoms with E-state index >= 15 is 0 Å². The van der Waals surface area contributed by atoms with Crippen molar-refractivity contribution in [2.75, 3.05) is 62.1 Å². The minimum atomic E-state index is -3.38. The molecule has 0 amide bonds. The number of methoxy groups -OCH3 is 1. The van der Waals surface area contributed by atoms with Crippen molar-refractivity contribution in [3.63, 3.8) is 0 Å². The van der Waals surface area contributed by atoms with E-state index in [9.17, 15) is 17.2 Å². The van der Waals surface area contributed by atoms with Gasteiger partial charge in [0.1, 0.15) is 11.3 Å². The average Bonchev–Trinajstić information content (AvgIpc) is 3.30. The molecule has 0 aliphatic carbocycles. The van der Waals surface area contributed by atoms with Gasteiger partial charge in [0, 0.05) is 0 Å². The Balaban J connectivity index is 1.49. The molecule has 39 heavy (non-hydrogen) atoms. The Labute approximate surface area is 230 Å². The molecule has 0 unspecified atom stereocenters. The summed E-state index contributed by atoms with van der Waals surface area (Å²) in [7, 11) is -1.93. The standard InChI is InChI=1S/C23H31AsF2N8O4S/c1-24(2)7-12-39(35,36)31-15-13-33(14-15)22-28-21(32-8-10-38-11-9-32)29-23(30-22)34-16-5-4-6-17(37-3)18(16)27-20(34)19(25)26/h4-6,15,19,31H,7-14H2,1-3H3.